The van der Waals surface area contributed by atoms with Crippen molar-refractivity contribution in [3.05, 3.63) is 76.3 Å². The second kappa shape index (κ2) is 7.71. The van der Waals surface area contributed by atoms with Gasteiger partial charge in [0.15, 0.2) is 0 Å². The van der Waals surface area contributed by atoms with Crippen LogP contribution in [-0.2, 0) is 22.5 Å². The van der Waals surface area contributed by atoms with Crippen molar-refractivity contribution < 1.29 is 20.1 Å². The Bertz CT molecular complexity index is 1840. The number of nitrogens with zero attached hydrogens (tertiary/aromatic N) is 5. The molecule has 190 valence electrons. The molecule has 0 unspecified atom stereocenters. The van der Waals surface area contributed by atoms with Crippen LogP contribution in [0.4, 0.5) is 0 Å². The molecule has 0 radical (unpaired) electrons. The fourth-order valence-corrected chi connectivity index (χ4v) is 6.40. The van der Waals surface area contributed by atoms with Crippen LogP contribution >= 0.6 is 11.6 Å². The van der Waals surface area contributed by atoms with Crippen LogP contribution in [0.5, 0.6) is 11.8 Å². The Kier molecular flexibility index (Phi) is 4.68. The van der Waals surface area contributed by atoms with Gasteiger partial charge >= 0.3 is 0 Å². The zero-order valence-corrected chi connectivity index (χ0v) is 21.0. The molecule has 0 aliphatic carbocycles. The van der Waals surface area contributed by atoms with Gasteiger partial charge in [-0.3, -0.25) is 4.57 Å². The number of fused-ring (bicyclic) bond motifs is 7. The van der Waals surface area contributed by atoms with Gasteiger partial charge in [-0.25, -0.2) is 0 Å². The molecule has 2 aromatic heterocycles. The van der Waals surface area contributed by atoms with Crippen molar-refractivity contribution in [2.45, 2.75) is 43.6 Å². The van der Waals surface area contributed by atoms with Crippen molar-refractivity contribution in [1.82, 2.24) is 19.6 Å². The smallest absolute Gasteiger partial charge is 0.205 e. The highest BCUT2D eigenvalue weighted by molar-refractivity contribution is 6.31. The minimum Gasteiger partial charge on any atom is -0.494 e. The molecule has 3 atom stereocenters. The first-order chi connectivity index (χ1) is 18.3. The predicted molar refractivity (Wildman–Crippen MR) is 139 cm³/mol. The summed E-state index contributed by atoms with van der Waals surface area (Å²) in [6, 6.07) is 18.2. The second-order valence-corrected chi connectivity index (χ2v) is 10.6. The summed E-state index contributed by atoms with van der Waals surface area (Å²) >= 11 is 6.09. The minimum absolute atomic E-state index is 0.159. The van der Waals surface area contributed by atoms with Crippen molar-refractivity contribution in [1.29, 1.82) is 5.26 Å². The fraction of sp³-hybridized carbons (Fsp3) is 0.250. The quantitative estimate of drug-likeness (QED) is 0.311. The predicted octanol–water partition coefficient (Wildman–Crippen LogP) is 4.61. The third-order valence-electron chi connectivity index (χ3n) is 8.00. The zero-order chi connectivity index (χ0) is 26.4. The summed E-state index contributed by atoms with van der Waals surface area (Å²) in [6.45, 7) is 2.08. The van der Waals surface area contributed by atoms with Gasteiger partial charge in [-0.15, -0.1) is 0 Å². The molecule has 2 bridgehead atoms. The molecule has 9 nitrogen and oxygen atoms in total. The van der Waals surface area contributed by atoms with Gasteiger partial charge in [-0.1, -0.05) is 35.9 Å². The number of nitriles is 1. The van der Waals surface area contributed by atoms with E-state index in [1.54, 1.807) is 42.1 Å². The number of aromatic nitrogens is 4. The lowest BCUT2D eigenvalue weighted by molar-refractivity contribution is -0.106. The van der Waals surface area contributed by atoms with Crippen molar-refractivity contribution in [3.63, 3.8) is 0 Å². The van der Waals surface area contributed by atoms with Gasteiger partial charge in [-0.2, -0.15) is 20.3 Å². The molecule has 7 rings (SSSR count). The number of aromatic hydroxyl groups is 2. The first kappa shape index (κ1) is 23.0. The molecule has 10 heteroatoms. The van der Waals surface area contributed by atoms with E-state index in [0.717, 1.165) is 0 Å². The number of halogens is 1. The maximum absolute atomic E-state index is 11.6. The van der Waals surface area contributed by atoms with Gasteiger partial charge in [-0.05, 0) is 37.3 Å². The molecule has 3 aromatic carbocycles. The molecule has 0 amide bonds. The van der Waals surface area contributed by atoms with Gasteiger partial charge in [0.1, 0.15) is 22.2 Å². The van der Waals surface area contributed by atoms with Crippen molar-refractivity contribution in [2.24, 2.45) is 0 Å². The van der Waals surface area contributed by atoms with E-state index in [4.69, 9.17) is 16.3 Å². The summed E-state index contributed by atoms with van der Waals surface area (Å²) in [7, 11) is 0. The summed E-state index contributed by atoms with van der Waals surface area (Å²) in [5.74, 6) is -0.360. The van der Waals surface area contributed by atoms with E-state index in [0.29, 0.717) is 62.2 Å². The van der Waals surface area contributed by atoms with Crippen LogP contribution in [0.2, 0.25) is 5.02 Å². The van der Waals surface area contributed by atoms with Gasteiger partial charge in [0.2, 0.25) is 11.8 Å². The number of aryl methyl sites for hydroxylation is 1. The number of rotatable bonds is 4. The highest BCUT2D eigenvalue weighted by Gasteiger charge is 2.66. The van der Waals surface area contributed by atoms with Crippen LogP contribution in [0.15, 0.2) is 54.6 Å². The molecule has 2 aliphatic rings. The van der Waals surface area contributed by atoms with Crippen molar-refractivity contribution >= 4 is 33.4 Å². The lowest BCUT2D eigenvalue weighted by Gasteiger charge is -2.26. The van der Waals surface area contributed by atoms with Crippen LogP contribution < -0.4 is 0 Å². The third-order valence-corrected chi connectivity index (χ3v) is 8.24. The molecule has 0 saturated carbocycles. The van der Waals surface area contributed by atoms with Gasteiger partial charge in [0, 0.05) is 28.6 Å². The van der Waals surface area contributed by atoms with E-state index < -0.39 is 17.3 Å². The van der Waals surface area contributed by atoms with Crippen LogP contribution in [0.1, 0.15) is 36.5 Å². The highest BCUT2D eigenvalue weighted by Crippen LogP contribution is 2.65. The van der Waals surface area contributed by atoms with E-state index >= 15 is 0 Å². The number of benzene rings is 3. The standard InChI is InChI=1S/C28H22ClN5O4/c1-27-22(35)13-28(38-27,10-11-33-31-19-8-7-16(29)12-20(19)32-33)24-23(27)25(36)34(26(24)37)21-9-6-15(14-30)17-4-2-3-5-18(17)21/h2-9,12,22,35-37H,10-11,13H2,1H3/t22-,27-,28+/m0/s1. The molecule has 1 saturated heterocycles. The Balaban J connectivity index is 1.36. The minimum atomic E-state index is -1.21. The van der Waals surface area contributed by atoms with E-state index in [1.165, 1.54) is 4.57 Å². The summed E-state index contributed by atoms with van der Waals surface area (Å²) in [5, 5.41) is 54.7. The lowest BCUT2D eigenvalue weighted by atomic mass is 9.76. The fourth-order valence-electron chi connectivity index (χ4n) is 6.24. The van der Waals surface area contributed by atoms with Crippen LogP contribution in [-0.4, -0.2) is 41.0 Å². The molecule has 38 heavy (non-hydrogen) atoms. The molecule has 2 aliphatic heterocycles. The Labute approximate surface area is 221 Å². The molecular weight excluding hydrogens is 506 g/mol. The molecule has 1 fully saturated rings. The van der Waals surface area contributed by atoms with Crippen molar-refractivity contribution in [3.8, 4) is 23.5 Å². The molecule has 4 heterocycles. The van der Waals surface area contributed by atoms with Crippen LogP contribution in [0, 0.1) is 11.3 Å². The average Bonchev–Trinajstić information content (AvgIpc) is 3.58. The Morgan fingerprint density at radius 2 is 1.79 bits per heavy atom. The Morgan fingerprint density at radius 1 is 1.05 bits per heavy atom. The van der Waals surface area contributed by atoms with Crippen LogP contribution in [0.3, 0.4) is 0 Å². The first-order valence-electron chi connectivity index (χ1n) is 12.2. The summed E-state index contributed by atoms with van der Waals surface area (Å²) in [4.78, 5) is 1.56. The highest BCUT2D eigenvalue weighted by atomic mass is 35.5. The van der Waals surface area contributed by atoms with Gasteiger partial charge in [0.25, 0.3) is 0 Å². The SMILES string of the molecule is C[C@]12O[C@](CCn3nc4ccc(Cl)cc4n3)(C[C@@H]1O)c1c2c(O)n(-c2ccc(C#N)c3ccccc23)c1O. The number of hydrogen-bond donors (Lipinski definition) is 3. The largest absolute Gasteiger partial charge is 0.494 e. The average molecular weight is 528 g/mol. The van der Waals surface area contributed by atoms with Gasteiger partial charge < -0.3 is 20.1 Å². The topological polar surface area (TPSA) is 129 Å². The Morgan fingerprint density at radius 3 is 2.58 bits per heavy atom. The second-order valence-electron chi connectivity index (χ2n) is 10.1. The molecule has 0 spiro atoms. The number of hydrogen-bond acceptors (Lipinski definition) is 7. The van der Waals surface area contributed by atoms with E-state index in [-0.39, 0.29) is 18.2 Å². The van der Waals surface area contributed by atoms with Crippen LogP contribution in [0.25, 0.3) is 27.5 Å². The van der Waals surface area contributed by atoms with Gasteiger partial charge in [0.05, 0.1) is 41.1 Å². The normalized spacial score (nSPS) is 23.8. The maximum atomic E-state index is 11.6. The van der Waals surface area contributed by atoms with E-state index in [1.807, 2.05) is 24.3 Å². The Hall–Kier alpha value is -4.10. The summed E-state index contributed by atoms with van der Waals surface area (Å²) < 4.78 is 7.82. The van der Waals surface area contributed by atoms with E-state index in [9.17, 15) is 20.6 Å². The number of aliphatic hydroxyl groups is 1. The first-order valence-corrected chi connectivity index (χ1v) is 12.6. The third kappa shape index (κ3) is 2.93. The molecular formula is C28H22ClN5O4. The molecule has 3 N–H and O–H groups in total. The van der Waals surface area contributed by atoms with E-state index in [2.05, 4.69) is 16.3 Å². The summed E-state index contributed by atoms with van der Waals surface area (Å²) in [5.41, 5.74) is 0.938. The summed E-state index contributed by atoms with van der Waals surface area (Å²) in [6.07, 6.45) is -0.293. The maximum Gasteiger partial charge on any atom is 0.205 e. The zero-order valence-electron chi connectivity index (χ0n) is 20.3. The number of ether oxygens (including phenoxy) is 1. The van der Waals surface area contributed by atoms with Crippen molar-refractivity contribution in [2.75, 3.05) is 0 Å². The number of aliphatic hydroxyl groups excluding tert-OH is 1. The molecule has 5 aromatic rings. The lowest BCUT2D eigenvalue weighted by Crippen LogP contribution is -2.33. The monoisotopic (exact) mass is 527 g/mol.